The van der Waals surface area contributed by atoms with E-state index in [-0.39, 0.29) is 30.7 Å². The third-order valence-electron chi connectivity index (χ3n) is 6.94. The number of aromatic nitrogens is 1. The summed E-state index contributed by atoms with van der Waals surface area (Å²) in [6.45, 7) is 2.70. The predicted molar refractivity (Wildman–Crippen MR) is 147 cm³/mol. The summed E-state index contributed by atoms with van der Waals surface area (Å²) in [6.07, 6.45) is 3.36. The van der Waals surface area contributed by atoms with Crippen molar-refractivity contribution in [2.45, 2.75) is 48.9 Å². The molecule has 0 saturated carbocycles. The number of rotatable bonds is 8. The molecule has 2 aromatic carbocycles. The van der Waals surface area contributed by atoms with Crippen LogP contribution in [0.3, 0.4) is 0 Å². The normalized spacial score (nSPS) is 21.6. The minimum absolute atomic E-state index is 0.0788. The second-order valence-corrected chi connectivity index (χ2v) is 13.0. The number of hydrogen-bond donors (Lipinski definition) is 2. The number of nitrogens with one attached hydrogen (secondary N) is 1. The van der Waals surface area contributed by atoms with Crippen LogP contribution in [0.25, 0.3) is 0 Å². The Morgan fingerprint density at radius 3 is 2.28 bits per heavy atom. The topological polar surface area (TPSA) is 110 Å². The van der Waals surface area contributed by atoms with Crippen molar-refractivity contribution in [1.29, 1.82) is 5.26 Å². The highest BCUT2D eigenvalue weighted by molar-refractivity contribution is 8.45. The molecule has 2 N–H and O–H groups in total. The molecule has 230 valence electrons. The van der Waals surface area contributed by atoms with Gasteiger partial charge in [0.1, 0.15) is 22.8 Å². The van der Waals surface area contributed by atoms with Crippen molar-refractivity contribution in [2.75, 3.05) is 11.4 Å². The number of aliphatic hydroxyl groups is 1. The number of halogens is 6. The van der Waals surface area contributed by atoms with Gasteiger partial charge in [-0.25, -0.2) is 4.39 Å². The van der Waals surface area contributed by atoms with Crippen LogP contribution in [-0.4, -0.2) is 45.0 Å². The molecule has 43 heavy (non-hydrogen) atoms. The van der Waals surface area contributed by atoms with Gasteiger partial charge in [0.25, 0.3) is 5.91 Å². The van der Waals surface area contributed by atoms with Gasteiger partial charge in [-0.1, -0.05) is 49.8 Å². The van der Waals surface area contributed by atoms with Gasteiger partial charge in [0, 0.05) is 23.9 Å². The highest BCUT2D eigenvalue weighted by Gasteiger charge is 2.65. The molecular weight excluding hydrogens is 600 g/mol. The molecule has 15 heteroatoms. The number of likely N-dealkylation sites (tertiary alicyclic amines) is 1. The summed E-state index contributed by atoms with van der Waals surface area (Å²) in [5, 5.41) is 22.9. The summed E-state index contributed by atoms with van der Waals surface area (Å²) >= 11 is 0. The van der Waals surface area contributed by atoms with Crippen molar-refractivity contribution in [3.63, 3.8) is 0 Å². The summed E-state index contributed by atoms with van der Waals surface area (Å²) in [5.41, 5.74) is -1.52. The van der Waals surface area contributed by atoms with Crippen LogP contribution < -0.4 is 10.2 Å². The third kappa shape index (κ3) is 7.20. The number of nitrogens with zero attached hydrogens (tertiary/aromatic N) is 4. The maximum Gasteiger partial charge on any atom is 0.310 e. The number of carbonyl (C=O) groups excluding carboxylic acids is 2. The van der Waals surface area contributed by atoms with Crippen molar-refractivity contribution in [3.8, 4) is 6.19 Å². The van der Waals surface area contributed by atoms with Crippen molar-refractivity contribution >= 4 is 27.7 Å². The van der Waals surface area contributed by atoms with Crippen molar-refractivity contribution in [2.24, 2.45) is 0 Å². The minimum atomic E-state index is -10.1. The number of carbonyl (C=O) groups is 2. The van der Waals surface area contributed by atoms with Gasteiger partial charge in [0.2, 0.25) is 5.91 Å². The molecule has 8 nitrogen and oxygen atoms in total. The molecule has 0 spiro atoms. The van der Waals surface area contributed by atoms with E-state index in [1.807, 2.05) is 0 Å². The van der Waals surface area contributed by atoms with E-state index in [4.69, 9.17) is 0 Å². The molecular formula is C28H27F6N5O3S. The van der Waals surface area contributed by atoms with Gasteiger partial charge < -0.3 is 10.4 Å². The third-order valence-corrected chi connectivity index (χ3v) is 8.10. The summed E-state index contributed by atoms with van der Waals surface area (Å²) in [5.74, 6) is -2.85. The number of pyridine rings is 1. The maximum atomic E-state index is 14.4. The van der Waals surface area contributed by atoms with Gasteiger partial charge in [0.15, 0.2) is 6.19 Å². The van der Waals surface area contributed by atoms with Gasteiger partial charge in [-0.15, -0.1) is 0 Å². The Kier molecular flexibility index (Phi) is 7.70. The van der Waals surface area contributed by atoms with Crippen LogP contribution in [0.15, 0.2) is 78.0 Å². The second kappa shape index (κ2) is 10.5. The van der Waals surface area contributed by atoms with Crippen LogP contribution in [-0.2, 0) is 9.59 Å². The molecule has 2 heterocycles. The molecule has 1 aliphatic heterocycles. The Hall–Kier alpha value is -4.29. The zero-order valence-electron chi connectivity index (χ0n) is 22.8. The van der Waals surface area contributed by atoms with Crippen molar-refractivity contribution in [3.05, 3.63) is 90.0 Å². The van der Waals surface area contributed by atoms with Crippen LogP contribution in [0.5, 0.6) is 0 Å². The van der Waals surface area contributed by atoms with E-state index in [2.05, 4.69) is 10.3 Å². The molecule has 1 aliphatic rings. The minimum Gasteiger partial charge on any atom is -0.388 e. The summed E-state index contributed by atoms with van der Waals surface area (Å²) in [7, 11) is -10.1. The summed E-state index contributed by atoms with van der Waals surface area (Å²) in [6, 6.07) is 6.93. The predicted octanol–water partition coefficient (Wildman–Crippen LogP) is 6.14. The van der Waals surface area contributed by atoms with E-state index in [0.717, 1.165) is 23.4 Å². The molecule has 0 aliphatic carbocycles. The molecule has 4 rings (SSSR count). The molecule has 0 bridgehead atoms. The average Bonchev–Trinajstić information content (AvgIpc) is 3.25. The highest BCUT2D eigenvalue weighted by atomic mass is 32.5. The number of amides is 2. The number of benzene rings is 2. The lowest BCUT2D eigenvalue weighted by molar-refractivity contribution is -0.128. The summed E-state index contributed by atoms with van der Waals surface area (Å²) < 4.78 is 81.9. The van der Waals surface area contributed by atoms with Crippen molar-refractivity contribution < 1.29 is 38.5 Å². The lowest BCUT2D eigenvalue weighted by atomic mass is 9.99. The first kappa shape index (κ1) is 31.6. The van der Waals surface area contributed by atoms with E-state index in [1.165, 1.54) is 6.92 Å². The van der Waals surface area contributed by atoms with E-state index in [9.17, 15) is 43.8 Å². The molecule has 1 aromatic heterocycles. The van der Waals surface area contributed by atoms with Crippen LogP contribution in [0.4, 0.5) is 29.5 Å². The van der Waals surface area contributed by atoms with Crippen molar-refractivity contribution in [1.82, 2.24) is 15.2 Å². The fraction of sp³-hybridized carbons (Fsp3) is 0.286. The van der Waals surface area contributed by atoms with Crippen LogP contribution in [0.1, 0.15) is 43.5 Å². The zero-order valence-corrected chi connectivity index (χ0v) is 23.6. The molecule has 4 atom stereocenters. The number of hydrogen-bond acceptors (Lipinski definition) is 6. The van der Waals surface area contributed by atoms with Gasteiger partial charge in [0.05, 0.1) is 24.4 Å². The smallest absolute Gasteiger partial charge is 0.310 e. The van der Waals surface area contributed by atoms with Crippen LogP contribution >= 0.6 is 10.2 Å². The molecule has 3 aromatic rings. The highest BCUT2D eigenvalue weighted by Crippen LogP contribution is 3.02. The fourth-order valence-electron chi connectivity index (χ4n) is 4.94. The molecule has 2 amide bonds. The molecule has 1 saturated heterocycles. The monoisotopic (exact) mass is 627 g/mol. The standard InChI is InChI=1S/C28H27F6N5O3S/c1-18(19-6-4-3-5-7-19)37-26(40)25(20-12-21(29)15-36-14-20)39(27(41)24-13-28(2,42)16-38(24)17-35)22-8-10-23(11-9-22)43(30,31,32,33)34/h3-12,14-15,18,24-25,42H,13,16H2,1-2H3,(H,37,40)/t18-,24+,25+,28+/m0/s1. The number of β-amino-alcohol motifs (C(OH)–C–C–N with tert-alkyl or cyclic N) is 1. The van der Waals surface area contributed by atoms with Gasteiger partial charge in [-0.2, -0.15) is 5.26 Å². The Morgan fingerprint density at radius 1 is 1.09 bits per heavy atom. The van der Waals surface area contributed by atoms with Gasteiger partial charge >= 0.3 is 10.2 Å². The SMILES string of the molecule is C[C@H](NC(=O)[C@@H](c1cncc(F)c1)N(C(=O)[C@H]1C[C@@](C)(O)CN1C#N)c1ccc(S(F)(F)(F)(F)F)cc1)c1ccccc1. The molecule has 0 radical (unpaired) electrons. The fourth-order valence-corrected chi connectivity index (χ4v) is 5.59. The van der Waals surface area contributed by atoms with E-state index in [0.29, 0.717) is 22.6 Å². The Morgan fingerprint density at radius 2 is 1.72 bits per heavy atom. The maximum absolute atomic E-state index is 14.4. The number of nitriles is 1. The van der Waals surface area contributed by atoms with Crippen LogP contribution in [0.2, 0.25) is 0 Å². The largest absolute Gasteiger partial charge is 0.388 e. The Labute approximate surface area is 243 Å². The first-order chi connectivity index (χ1) is 19.8. The van der Waals surface area contributed by atoms with E-state index in [1.54, 1.807) is 43.4 Å². The lowest BCUT2D eigenvalue weighted by Crippen LogP contribution is -2.50. The molecule has 1 fully saturated rings. The van der Waals surface area contributed by atoms with E-state index >= 15 is 0 Å². The average molecular weight is 628 g/mol. The Balaban J connectivity index is 1.88. The molecule has 0 unspecified atom stereocenters. The van der Waals surface area contributed by atoms with Crippen LogP contribution in [0, 0.1) is 17.3 Å². The first-order valence-corrected chi connectivity index (χ1v) is 14.8. The van der Waals surface area contributed by atoms with Gasteiger partial charge in [-0.05, 0) is 49.7 Å². The van der Waals surface area contributed by atoms with Gasteiger partial charge in [-0.3, -0.25) is 24.4 Å². The summed E-state index contributed by atoms with van der Waals surface area (Å²) in [4.78, 5) is 31.2. The zero-order chi connectivity index (χ0) is 31.9. The number of anilines is 1. The first-order valence-electron chi connectivity index (χ1n) is 12.8. The lowest BCUT2D eigenvalue weighted by Gasteiger charge is -2.41. The second-order valence-electron chi connectivity index (χ2n) is 10.6. The Bertz CT molecular complexity index is 1570. The quantitative estimate of drug-likeness (QED) is 0.230. The van der Waals surface area contributed by atoms with E-state index < -0.39 is 62.2 Å².